The first kappa shape index (κ1) is 46.1. The van der Waals surface area contributed by atoms with Crippen molar-refractivity contribution in [3.63, 3.8) is 0 Å². The van der Waals surface area contributed by atoms with Gasteiger partial charge in [0.05, 0.1) is 30.4 Å². The number of thioether (sulfide) groups is 1. The van der Waals surface area contributed by atoms with Crippen LogP contribution in [0, 0.1) is 22.7 Å². The number of anilines is 1. The van der Waals surface area contributed by atoms with Crippen LogP contribution in [-0.2, 0) is 33.4 Å². The molecule has 1 aliphatic heterocycles. The normalized spacial score (nSPS) is 34.2. The molecule has 0 bridgehead atoms. The molecule has 12 nitrogen and oxygen atoms in total. The SMILES string of the molecule is CCCCC(C)SC(CC(=O)O)C(=O)NCC(=O)Nc1cccc(Sc2ccc([C@@H]3O[C@@H]4CC5[C@@H]6C[C@H](F)C7=CC(=O)C=C[C@]7(C)[C@@]6(F)[C@@H](O)C[C@]5(C)[C@]4(C(=O)CO)O3)cc2)c1. The zero-order valence-electron chi connectivity index (χ0n) is 35.1. The van der Waals surface area contributed by atoms with Gasteiger partial charge in [0.2, 0.25) is 11.8 Å². The number of aliphatic hydroxyl groups excluding tert-OH is 2. The van der Waals surface area contributed by atoms with E-state index in [1.807, 2.05) is 25.1 Å². The summed E-state index contributed by atoms with van der Waals surface area (Å²) in [6.07, 6.45) is 0.520. The fourth-order valence-electron chi connectivity index (χ4n) is 10.9. The summed E-state index contributed by atoms with van der Waals surface area (Å²) in [6, 6.07) is 14.3. The second kappa shape index (κ2) is 17.9. The van der Waals surface area contributed by atoms with Crippen molar-refractivity contribution in [3.05, 3.63) is 77.9 Å². The molecule has 16 heteroatoms. The van der Waals surface area contributed by atoms with Crippen LogP contribution in [0.4, 0.5) is 14.5 Å². The lowest BCUT2D eigenvalue weighted by Gasteiger charge is -2.63. The maximum Gasteiger partial charge on any atom is 0.305 e. The van der Waals surface area contributed by atoms with Crippen molar-refractivity contribution in [2.75, 3.05) is 18.5 Å². The number of fused-ring (bicyclic) bond motifs is 7. The number of alkyl halides is 2. The first-order valence-corrected chi connectivity index (χ1v) is 22.9. The Bertz CT molecular complexity index is 2160. The van der Waals surface area contributed by atoms with Gasteiger partial charge in [-0.1, -0.05) is 69.6 Å². The van der Waals surface area contributed by atoms with Crippen LogP contribution in [0.2, 0.25) is 0 Å². The van der Waals surface area contributed by atoms with Gasteiger partial charge in [-0.25, -0.2) is 8.78 Å². The lowest BCUT2D eigenvalue weighted by atomic mass is 9.44. The summed E-state index contributed by atoms with van der Waals surface area (Å²) in [5.74, 6) is -4.89. The van der Waals surface area contributed by atoms with E-state index in [0.717, 1.165) is 35.1 Å². The van der Waals surface area contributed by atoms with Crippen LogP contribution in [0.25, 0.3) is 0 Å². The van der Waals surface area contributed by atoms with E-state index in [0.29, 0.717) is 11.3 Å². The van der Waals surface area contributed by atoms with Gasteiger partial charge in [-0.2, -0.15) is 0 Å². The molecule has 5 aliphatic rings. The van der Waals surface area contributed by atoms with Gasteiger partial charge in [0.1, 0.15) is 12.8 Å². The van der Waals surface area contributed by atoms with Gasteiger partial charge in [0, 0.05) is 43.0 Å². The maximum atomic E-state index is 17.7. The molecule has 0 spiro atoms. The first-order chi connectivity index (χ1) is 29.4. The van der Waals surface area contributed by atoms with Crippen LogP contribution in [0.15, 0.2) is 82.1 Å². The van der Waals surface area contributed by atoms with Crippen molar-refractivity contribution in [2.24, 2.45) is 22.7 Å². The number of carbonyl (C=O) groups is 5. The minimum absolute atomic E-state index is 0.00404. The molecule has 1 saturated heterocycles. The number of hydrogen-bond donors (Lipinski definition) is 5. The Hall–Kier alpha value is -3.93. The van der Waals surface area contributed by atoms with E-state index in [4.69, 9.17) is 9.47 Å². The second-order valence-corrected chi connectivity index (χ2v) is 20.4. The highest BCUT2D eigenvalue weighted by molar-refractivity contribution is 8.01. The van der Waals surface area contributed by atoms with Crippen molar-refractivity contribution < 1.29 is 57.5 Å². The van der Waals surface area contributed by atoms with E-state index in [-0.39, 0.29) is 43.1 Å². The molecule has 5 N–H and O–H groups in total. The monoisotopic (exact) mass is 896 g/mol. The highest BCUT2D eigenvalue weighted by atomic mass is 32.2. The number of carboxylic acids is 1. The summed E-state index contributed by atoms with van der Waals surface area (Å²) in [7, 11) is 0. The Morgan fingerprint density at radius 2 is 1.79 bits per heavy atom. The molecule has 1 heterocycles. The molecule has 3 saturated carbocycles. The summed E-state index contributed by atoms with van der Waals surface area (Å²) >= 11 is 2.70. The number of carboxylic acid groups (broad SMARTS) is 1. The third-order valence-electron chi connectivity index (χ3n) is 13.9. The molecule has 62 heavy (non-hydrogen) atoms. The highest BCUT2D eigenvalue weighted by Crippen LogP contribution is 2.72. The van der Waals surface area contributed by atoms with Crippen LogP contribution in [0.5, 0.6) is 0 Å². The number of benzene rings is 2. The van der Waals surface area contributed by atoms with Gasteiger partial charge >= 0.3 is 5.97 Å². The summed E-state index contributed by atoms with van der Waals surface area (Å²) in [5, 5.41) is 36.0. The molecule has 4 fully saturated rings. The Morgan fingerprint density at radius 3 is 2.48 bits per heavy atom. The number of allylic oxidation sites excluding steroid dienone is 4. The zero-order valence-corrected chi connectivity index (χ0v) is 36.7. The van der Waals surface area contributed by atoms with Gasteiger partial charge in [-0.3, -0.25) is 24.0 Å². The number of unbranched alkanes of at least 4 members (excludes halogenated alkanes) is 1. The fraction of sp³-hybridized carbons (Fsp3) is 0.543. The minimum Gasteiger partial charge on any atom is -0.481 e. The number of ketones is 2. The molecule has 2 aromatic carbocycles. The third-order valence-corrected chi connectivity index (χ3v) is 16.3. The number of ether oxygens (including phenoxy) is 2. The molecule has 0 radical (unpaired) electrons. The lowest BCUT2D eigenvalue weighted by Crippen LogP contribution is -2.70. The standard InChI is InChI=1S/C46H54F2N2O10S2/c1-5-6-8-25(2)61-35(21-40(56)57)41(58)49-23-39(55)50-27-9-7-10-30(17-27)62-29-13-11-26(12-14-29)42-59-38-20-31-32-19-34(47)33-18-28(52)15-16-43(33,3)45(32,48)36(53)22-44(31,4)46(38,60-42)37(54)24-51/h7,9-18,25,31-32,34-36,38,42,51,53H,5-6,8,19-24H2,1-4H3,(H,49,58)(H,50,55)(H,56,57)/t25?,31?,32-,34-,35?,36-,38+,42+,43-,44-,45-,46+/m0/s1. The Balaban J connectivity index is 1.00. The molecule has 4 aliphatic carbocycles. The molecule has 2 aromatic rings. The van der Waals surface area contributed by atoms with Crippen molar-refractivity contribution in [1.82, 2.24) is 5.32 Å². The number of carbonyl (C=O) groups excluding carboxylic acids is 4. The topological polar surface area (TPSA) is 189 Å². The van der Waals surface area contributed by atoms with E-state index in [2.05, 4.69) is 17.6 Å². The van der Waals surface area contributed by atoms with Gasteiger partial charge < -0.3 is 35.4 Å². The van der Waals surface area contributed by atoms with Crippen LogP contribution >= 0.6 is 23.5 Å². The molecule has 3 unspecified atom stereocenters. The molecule has 12 atom stereocenters. The van der Waals surface area contributed by atoms with Crippen LogP contribution in [-0.4, -0.2) is 98.0 Å². The Kier molecular flexibility index (Phi) is 13.3. The summed E-state index contributed by atoms with van der Waals surface area (Å²) in [6.45, 7) is 6.06. The van der Waals surface area contributed by atoms with Crippen LogP contribution < -0.4 is 10.6 Å². The summed E-state index contributed by atoms with van der Waals surface area (Å²) in [4.78, 5) is 64.8. The second-order valence-electron chi connectivity index (χ2n) is 17.6. The first-order valence-electron chi connectivity index (χ1n) is 21.2. The van der Waals surface area contributed by atoms with Crippen LogP contribution in [0.3, 0.4) is 0 Å². The highest BCUT2D eigenvalue weighted by Gasteiger charge is 2.80. The van der Waals surface area contributed by atoms with E-state index in [1.54, 1.807) is 37.3 Å². The number of aliphatic carboxylic acids is 1. The number of rotatable bonds is 16. The van der Waals surface area contributed by atoms with Gasteiger partial charge in [-0.15, -0.1) is 11.8 Å². The number of hydrogen-bond acceptors (Lipinski definition) is 11. The number of halogens is 2. The van der Waals surface area contributed by atoms with Gasteiger partial charge in [-0.05, 0) is 86.6 Å². The number of aliphatic hydroxyl groups is 2. The average molecular weight is 897 g/mol. The van der Waals surface area contributed by atoms with Crippen LogP contribution in [0.1, 0.15) is 84.5 Å². The minimum atomic E-state index is -2.35. The predicted molar refractivity (Wildman–Crippen MR) is 229 cm³/mol. The lowest BCUT2D eigenvalue weighted by molar-refractivity contribution is -0.235. The fourth-order valence-corrected chi connectivity index (χ4v) is 13.1. The van der Waals surface area contributed by atoms with E-state index < -0.39 is 99.8 Å². The van der Waals surface area contributed by atoms with E-state index >= 15 is 8.78 Å². The molecular weight excluding hydrogens is 843 g/mol. The molecule has 2 amide bonds. The Morgan fingerprint density at radius 1 is 1.05 bits per heavy atom. The number of Topliss-reactive ketones (excluding diaryl/α,β-unsaturated/α-hetero) is 1. The van der Waals surface area contributed by atoms with E-state index in [9.17, 15) is 39.3 Å². The van der Waals surface area contributed by atoms with E-state index in [1.165, 1.54) is 42.6 Å². The molecule has 7 rings (SSSR count). The third kappa shape index (κ3) is 8.08. The maximum absolute atomic E-state index is 17.7. The largest absolute Gasteiger partial charge is 0.481 e. The summed E-state index contributed by atoms with van der Waals surface area (Å²) < 4.78 is 46.7. The summed E-state index contributed by atoms with van der Waals surface area (Å²) in [5.41, 5.74) is -5.86. The number of nitrogens with one attached hydrogen (secondary N) is 2. The molecule has 0 aromatic heterocycles. The zero-order chi connectivity index (χ0) is 44.8. The van der Waals surface area contributed by atoms with Crippen molar-refractivity contribution >= 4 is 58.6 Å². The number of amides is 2. The smallest absolute Gasteiger partial charge is 0.305 e. The Labute approximate surface area is 368 Å². The molecular formula is C46H54F2N2O10S2. The van der Waals surface area contributed by atoms with Crippen molar-refractivity contribution in [2.45, 2.75) is 129 Å². The van der Waals surface area contributed by atoms with Gasteiger partial charge in [0.25, 0.3) is 0 Å². The van der Waals surface area contributed by atoms with Crippen molar-refractivity contribution in [3.8, 4) is 0 Å². The van der Waals surface area contributed by atoms with Crippen molar-refractivity contribution in [1.29, 1.82) is 0 Å². The predicted octanol–water partition coefficient (Wildman–Crippen LogP) is 6.69. The average Bonchev–Trinajstić information content (AvgIpc) is 3.73. The van der Waals surface area contributed by atoms with Gasteiger partial charge in [0.15, 0.2) is 29.1 Å². The quantitative estimate of drug-likeness (QED) is 0.120. The molecule has 334 valence electrons.